The van der Waals surface area contributed by atoms with Gasteiger partial charge in [0.15, 0.2) is 0 Å². The Bertz CT molecular complexity index is 945. The van der Waals surface area contributed by atoms with Gasteiger partial charge in [0.05, 0.1) is 0 Å². The van der Waals surface area contributed by atoms with Crippen LogP contribution in [0.4, 0.5) is 0 Å². The Morgan fingerprint density at radius 1 is 1.10 bits per heavy atom. The zero-order valence-corrected chi connectivity index (χ0v) is 18.1. The molecule has 1 saturated heterocycles. The first-order valence-corrected chi connectivity index (χ1v) is 10.7. The van der Waals surface area contributed by atoms with Crippen LogP contribution in [0.15, 0.2) is 48.5 Å². The SMILES string of the molecule is Cc1cccc(C(=O)N2CCC3(CC2)CC(CC(=O)N(C)C)c2ccccc2O3)c1. The number of fused-ring (bicyclic) bond motifs is 1. The van der Waals surface area contributed by atoms with E-state index in [2.05, 4.69) is 6.07 Å². The fourth-order valence-corrected chi connectivity index (χ4v) is 4.70. The lowest BCUT2D eigenvalue weighted by atomic mass is 9.76. The molecule has 2 aromatic rings. The third kappa shape index (κ3) is 4.07. The van der Waals surface area contributed by atoms with E-state index in [1.165, 1.54) is 0 Å². The van der Waals surface area contributed by atoms with Crippen LogP contribution in [0, 0.1) is 6.92 Å². The van der Waals surface area contributed by atoms with Gasteiger partial charge in [-0.1, -0.05) is 35.9 Å². The number of likely N-dealkylation sites (tertiary alicyclic amines) is 1. The molecule has 2 amide bonds. The van der Waals surface area contributed by atoms with Crippen molar-refractivity contribution in [1.29, 1.82) is 0 Å². The maximum Gasteiger partial charge on any atom is 0.253 e. The van der Waals surface area contributed by atoms with Crippen LogP contribution >= 0.6 is 0 Å². The van der Waals surface area contributed by atoms with Crippen molar-refractivity contribution in [2.45, 2.75) is 44.1 Å². The van der Waals surface area contributed by atoms with Crippen molar-refractivity contribution >= 4 is 11.8 Å². The highest BCUT2D eigenvalue weighted by atomic mass is 16.5. The molecule has 2 aliphatic heterocycles. The van der Waals surface area contributed by atoms with Gasteiger partial charge in [-0.05, 0) is 37.1 Å². The highest BCUT2D eigenvalue weighted by Crippen LogP contribution is 2.46. The summed E-state index contributed by atoms with van der Waals surface area (Å²) in [7, 11) is 3.61. The van der Waals surface area contributed by atoms with E-state index < -0.39 is 0 Å². The van der Waals surface area contributed by atoms with E-state index in [-0.39, 0.29) is 23.3 Å². The number of amides is 2. The molecule has 1 unspecified atom stereocenters. The third-order valence-corrected chi connectivity index (χ3v) is 6.45. The Kier molecular flexibility index (Phi) is 5.54. The number of hydrogen-bond acceptors (Lipinski definition) is 3. The summed E-state index contributed by atoms with van der Waals surface area (Å²) in [5.41, 5.74) is 2.65. The average molecular weight is 407 g/mol. The summed E-state index contributed by atoms with van der Waals surface area (Å²) in [5.74, 6) is 1.26. The smallest absolute Gasteiger partial charge is 0.253 e. The quantitative estimate of drug-likeness (QED) is 0.774. The average Bonchev–Trinajstić information content (AvgIpc) is 2.73. The zero-order valence-electron chi connectivity index (χ0n) is 18.1. The second-order valence-electron chi connectivity index (χ2n) is 8.88. The van der Waals surface area contributed by atoms with Crippen LogP contribution in [0.1, 0.15) is 53.1 Å². The van der Waals surface area contributed by atoms with Gasteiger partial charge < -0.3 is 14.5 Å². The number of carbonyl (C=O) groups is 2. The predicted molar refractivity (Wildman–Crippen MR) is 117 cm³/mol. The third-order valence-electron chi connectivity index (χ3n) is 6.45. The Labute approximate surface area is 178 Å². The second-order valence-corrected chi connectivity index (χ2v) is 8.88. The molecule has 5 nitrogen and oxygen atoms in total. The summed E-state index contributed by atoms with van der Waals surface area (Å²) in [5, 5.41) is 0. The number of piperidine rings is 1. The first-order chi connectivity index (χ1) is 14.4. The molecule has 0 aliphatic carbocycles. The van der Waals surface area contributed by atoms with Crippen LogP contribution in [-0.2, 0) is 4.79 Å². The maximum absolute atomic E-state index is 12.9. The lowest BCUT2D eigenvalue weighted by molar-refractivity contribution is -0.129. The molecule has 2 heterocycles. The lowest BCUT2D eigenvalue weighted by Gasteiger charge is -2.47. The molecule has 30 heavy (non-hydrogen) atoms. The molecule has 1 spiro atoms. The molecule has 4 rings (SSSR count). The summed E-state index contributed by atoms with van der Waals surface area (Å²) in [6.07, 6.45) is 2.87. The molecule has 5 heteroatoms. The van der Waals surface area contributed by atoms with Gasteiger partial charge in [0, 0.05) is 57.9 Å². The van der Waals surface area contributed by atoms with Crippen molar-refractivity contribution < 1.29 is 14.3 Å². The molecule has 0 radical (unpaired) electrons. The van der Waals surface area contributed by atoms with Crippen LogP contribution in [0.5, 0.6) is 5.75 Å². The van der Waals surface area contributed by atoms with E-state index in [4.69, 9.17) is 4.74 Å². The molecule has 1 fully saturated rings. The number of carbonyl (C=O) groups excluding carboxylic acids is 2. The minimum Gasteiger partial charge on any atom is -0.487 e. The van der Waals surface area contributed by atoms with E-state index in [1.807, 2.05) is 54.3 Å². The molecule has 158 valence electrons. The van der Waals surface area contributed by atoms with Crippen molar-refractivity contribution in [2.75, 3.05) is 27.2 Å². The summed E-state index contributed by atoms with van der Waals surface area (Å²) < 4.78 is 6.52. The largest absolute Gasteiger partial charge is 0.487 e. The van der Waals surface area contributed by atoms with Gasteiger partial charge in [0.25, 0.3) is 5.91 Å². The number of para-hydroxylation sites is 1. The van der Waals surface area contributed by atoms with Crippen molar-refractivity contribution in [1.82, 2.24) is 9.80 Å². The van der Waals surface area contributed by atoms with Crippen LogP contribution in [0.2, 0.25) is 0 Å². The van der Waals surface area contributed by atoms with Crippen molar-refractivity contribution in [3.8, 4) is 5.75 Å². The fraction of sp³-hybridized carbons (Fsp3) is 0.440. The number of aryl methyl sites for hydroxylation is 1. The summed E-state index contributed by atoms with van der Waals surface area (Å²) in [4.78, 5) is 29.0. The topological polar surface area (TPSA) is 49.9 Å². The number of rotatable bonds is 3. The van der Waals surface area contributed by atoms with Crippen molar-refractivity contribution in [2.24, 2.45) is 0 Å². The zero-order chi connectivity index (χ0) is 21.3. The predicted octanol–water partition coefficient (Wildman–Crippen LogP) is 4.01. The first-order valence-electron chi connectivity index (χ1n) is 10.7. The van der Waals surface area contributed by atoms with Crippen LogP contribution in [0.3, 0.4) is 0 Å². The van der Waals surface area contributed by atoms with E-state index in [1.54, 1.807) is 19.0 Å². The van der Waals surface area contributed by atoms with Gasteiger partial charge in [-0.15, -0.1) is 0 Å². The van der Waals surface area contributed by atoms with Gasteiger partial charge in [0.2, 0.25) is 5.91 Å². The molecular weight excluding hydrogens is 376 g/mol. The maximum atomic E-state index is 12.9. The van der Waals surface area contributed by atoms with E-state index >= 15 is 0 Å². The van der Waals surface area contributed by atoms with Crippen molar-refractivity contribution in [3.05, 3.63) is 65.2 Å². The Morgan fingerprint density at radius 2 is 1.83 bits per heavy atom. The van der Waals surface area contributed by atoms with Gasteiger partial charge in [-0.2, -0.15) is 0 Å². The van der Waals surface area contributed by atoms with Crippen molar-refractivity contribution in [3.63, 3.8) is 0 Å². The lowest BCUT2D eigenvalue weighted by Crippen LogP contribution is -2.52. The second kappa shape index (κ2) is 8.13. The molecule has 0 saturated carbocycles. The molecule has 1 atom stereocenters. The Hall–Kier alpha value is -2.82. The summed E-state index contributed by atoms with van der Waals surface area (Å²) in [6, 6.07) is 15.8. The summed E-state index contributed by atoms with van der Waals surface area (Å²) in [6.45, 7) is 3.34. The molecule has 2 aliphatic rings. The minimum absolute atomic E-state index is 0.0871. The van der Waals surface area contributed by atoms with Gasteiger partial charge in [-0.3, -0.25) is 9.59 Å². The summed E-state index contributed by atoms with van der Waals surface area (Å²) >= 11 is 0. The highest BCUT2D eigenvalue weighted by Gasteiger charge is 2.44. The highest BCUT2D eigenvalue weighted by molar-refractivity contribution is 5.94. The van der Waals surface area contributed by atoms with E-state index in [0.717, 1.165) is 41.7 Å². The van der Waals surface area contributed by atoms with Gasteiger partial charge in [-0.25, -0.2) is 0 Å². The molecule has 0 N–H and O–H groups in total. The van der Waals surface area contributed by atoms with Gasteiger partial charge in [0.1, 0.15) is 11.4 Å². The molecule has 0 bridgehead atoms. The first kappa shape index (κ1) is 20.5. The Balaban J connectivity index is 1.50. The number of hydrogen-bond donors (Lipinski definition) is 0. The van der Waals surface area contributed by atoms with Crippen LogP contribution in [0.25, 0.3) is 0 Å². The minimum atomic E-state index is -0.311. The molecular formula is C25H30N2O3. The number of nitrogens with zero attached hydrogens (tertiary/aromatic N) is 2. The standard InChI is InChI=1S/C25H30N2O3/c1-18-7-6-8-19(15-18)24(29)27-13-11-25(12-14-27)17-20(16-23(28)26(2)3)21-9-4-5-10-22(21)30-25/h4-10,15,20H,11-14,16-17H2,1-3H3. The normalized spacial score (nSPS) is 19.7. The van der Waals surface area contributed by atoms with E-state index in [9.17, 15) is 9.59 Å². The molecule has 2 aromatic carbocycles. The van der Waals surface area contributed by atoms with E-state index in [0.29, 0.717) is 19.5 Å². The fourth-order valence-electron chi connectivity index (χ4n) is 4.70. The molecule has 0 aromatic heterocycles. The Morgan fingerprint density at radius 3 is 2.53 bits per heavy atom. The van der Waals surface area contributed by atoms with Crippen LogP contribution < -0.4 is 4.74 Å². The monoisotopic (exact) mass is 406 g/mol. The number of ether oxygens (including phenoxy) is 1. The number of benzene rings is 2. The van der Waals surface area contributed by atoms with Gasteiger partial charge >= 0.3 is 0 Å². The van der Waals surface area contributed by atoms with Crippen LogP contribution in [-0.4, -0.2) is 54.4 Å².